The third kappa shape index (κ3) is 6.22. The Bertz CT molecular complexity index is 932. The summed E-state index contributed by atoms with van der Waals surface area (Å²) in [4.78, 5) is 40.0. The van der Waals surface area contributed by atoms with Crippen molar-refractivity contribution in [3.05, 3.63) is 42.5 Å². The first-order chi connectivity index (χ1) is 15.5. The van der Waals surface area contributed by atoms with Gasteiger partial charge in [0.2, 0.25) is 11.8 Å². The number of carbonyl (C=O) groups is 3. The van der Waals surface area contributed by atoms with Crippen molar-refractivity contribution in [3.63, 3.8) is 0 Å². The number of hydrogen-bond donors (Lipinski definition) is 0. The number of hydrogen-bond acceptors (Lipinski definition) is 5. The Labute approximate surface area is 189 Å². The molecule has 0 saturated carbocycles. The average Bonchev–Trinajstić information content (AvgIpc) is 2.82. The molecule has 0 N–H and O–H groups in total. The van der Waals surface area contributed by atoms with Crippen LogP contribution in [0.15, 0.2) is 42.5 Å². The van der Waals surface area contributed by atoms with Gasteiger partial charge < -0.3 is 19.3 Å². The van der Waals surface area contributed by atoms with Crippen molar-refractivity contribution in [1.82, 2.24) is 9.80 Å². The van der Waals surface area contributed by atoms with Crippen molar-refractivity contribution in [2.75, 3.05) is 39.9 Å². The number of amides is 2. The van der Waals surface area contributed by atoms with Gasteiger partial charge >= 0.3 is 5.97 Å². The van der Waals surface area contributed by atoms with Gasteiger partial charge in [-0.2, -0.15) is 0 Å². The van der Waals surface area contributed by atoms with E-state index < -0.39 is 0 Å². The normalized spacial score (nSPS) is 14.2. The van der Waals surface area contributed by atoms with Crippen molar-refractivity contribution >= 4 is 28.6 Å². The van der Waals surface area contributed by atoms with E-state index in [0.29, 0.717) is 52.0 Å². The number of carbonyl (C=O) groups excluding carboxylic acids is 3. The number of likely N-dealkylation sites (N-methyl/N-ethyl adjacent to an activating group) is 1. The van der Waals surface area contributed by atoms with Gasteiger partial charge in [-0.25, -0.2) is 0 Å². The summed E-state index contributed by atoms with van der Waals surface area (Å²) in [5.41, 5.74) is 0. The molecule has 0 aromatic heterocycles. The van der Waals surface area contributed by atoms with E-state index >= 15 is 0 Å². The van der Waals surface area contributed by atoms with Crippen molar-refractivity contribution in [3.8, 4) is 5.75 Å². The summed E-state index contributed by atoms with van der Waals surface area (Å²) >= 11 is 0. The molecule has 0 spiro atoms. The molecule has 2 aromatic carbocycles. The van der Waals surface area contributed by atoms with Gasteiger partial charge in [0.25, 0.3) is 0 Å². The number of ether oxygens (including phenoxy) is 2. The average molecular weight is 441 g/mol. The van der Waals surface area contributed by atoms with E-state index in [0.717, 1.165) is 16.5 Å². The second-order valence-electron chi connectivity index (χ2n) is 8.09. The lowest BCUT2D eigenvalue weighted by molar-refractivity contribution is -0.151. The van der Waals surface area contributed by atoms with Crippen LogP contribution in [0, 0.1) is 5.92 Å². The zero-order valence-corrected chi connectivity index (χ0v) is 18.9. The predicted molar refractivity (Wildman–Crippen MR) is 122 cm³/mol. The molecule has 172 valence electrons. The van der Waals surface area contributed by atoms with Gasteiger partial charge in [-0.3, -0.25) is 14.4 Å². The van der Waals surface area contributed by atoms with E-state index in [2.05, 4.69) is 0 Å². The van der Waals surface area contributed by atoms with Crippen LogP contribution in [0.4, 0.5) is 0 Å². The molecule has 7 heteroatoms. The lowest BCUT2D eigenvalue weighted by Crippen LogP contribution is -2.45. The minimum absolute atomic E-state index is 0.0487. The summed E-state index contributed by atoms with van der Waals surface area (Å²) in [7, 11) is 1.65. The highest BCUT2D eigenvalue weighted by Crippen LogP contribution is 2.25. The van der Waals surface area contributed by atoms with Crippen LogP contribution in [0.1, 0.15) is 32.6 Å². The molecule has 1 heterocycles. The van der Waals surface area contributed by atoms with Crippen LogP contribution in [0.2, 0.25) is 0 Å². The second-order valence-corrected chi connectivity index (χ2v) is 8.09. The summed E-state index contributed by atoms with van der Waals surface area (Å²) in [5, 5.41) is 2.17. The molecule has 1 saturated heterocycles. The second kappa shape index (κ2) is 11.5. The zero-order valence-electron chi connectivity index (χ0n) is 18.9. The SMILES string of the molecule is CCOC(=O)C1CCN(C(=O)CN(C)C(=O)CCCOc2cccc3ccccc23)CC1. The van der Waals surface area contributed by atoms with E-state index in [1.807, 2.05) is 42.5 Å². The van der Waals surface area contributed by atoms with E-state index in [1.54, 1.807) is 18.9 Å². The molecule has 0 aliphatic carbocycles. The van der Waals surface area contributed by atoms with Gasteiger partial charge in [0.15, 0.2) is 0 Å². The largest absolute Gasteiger partial charge is 0.493 e. The van der Waals surface area contributed by atoms with Crippen LogP contribution in [0.25, 0.3) is 10.8 Å². The highest BCUT2D eigenvalue weighted by Gasteiger charge is 2.28. The minimum Gasteiger partial charge on any atom is -0.493 e. The van der Waals surface area contributed by atoms with Crippen LogP contribution in [-0.4, -0.2) is 67.5 Å². The van der Waals surface area contributed by atoms with Crippen LogP contribution < -0.4 is 4.74 Å². The molecular formula is C25H32N2O5. The van der Waals surface area contributed by atoms with Gasteiger partial charge in [0.1, 0.15) is 5.75 Å². The van der Waals surface area contributed by atoms with Gasteiger partial charge in [-0.05, 0) is 37.6 Å². The van der Waals surface area contributed by atoms with Crippen molar-refractivity contribution < 1.29 is 23.9 Å². The number of likely N-dealkylation sites (tertiary alicyclic amines) is 1. The summed E-state index contributed by atoms with van der Waals surface area (Å²) < 4.78 is 11.0. The summed E-state index contributed by atoms with van der Waals surface area (Å²) in [6, 6.07) is 13.9. The molecule has 0 atom stereocenters. The lowest BCUT2D eigenvalue weighted by atomic mass is 9.97. The van der Waals surface area contributed by atoms with E-state index in [1.165, 1.54) is 4.90 Å². The number of esters is 1. The van der Waals surface area contributed by atoms with Crippen molar-refractivity contribution in [2.45, 2.75) is 32.6 Å². The van der Waals surface area contributed by atoms with E-state index in [-0.39, 0.29) is 30.2 Å². The smallest absolute Gasteiger partial charge is 0.309 e. The van der Waals surface area contributed by atoms with Crippen LogP contribution in [0.3, 0.4) is 0 Å². The maximum absolute atomic E-state index is 12.5. The summed E-state index contributed by atoms with van der Waals surface area (Å²) in [6.45, 7) is 3.68. The standard InChI is InChI=1S/C25H32N2O5/c1-3-31-25(30)20-13-15-27(16-14-20)24(29)18-26(2)23(28)12-7-17-32-22-11-6-9-19-8-4-5-10-21(19)22/h4-6,8-11,20H,3,7,12-18H2,1-2H3. The summed E-state index contributed by atoms with van der Waals surface area (Å²) in [5.74, 6) is 0.319. The summed E-state index contributed by atoms with van der Waals surface area (Å²) in [6.07, 6.45) is 2.10. The fourth-order valence-electron chi connectivity index (χ4n) is 3.93. The number of rotatable bonds is 9. The molecule has 2 aromatic rings. The predicted octanol–water partition coefficient (Wildman–Crippen LogP) is 3.26. The molecule has 1 fully saturated rings. The lowest BCUT2D eigenvalue weighted by Gasteiger charge is -2.32. The van der Waals surface area contributed by atoms with Crippen LogP contribution in [0.5, 0.6) is 5.75 Å². The first-order valence-electron chi connectivity index (χ1n) is 11.3. The molecule has 0 bridgehead atoms. The Kier molecular flexibility index (Phi) is 8.48. The van der Waals surface area contributed by atoms with Crippen molar-refractivity contribution in [2.24, 2.45) is 5.92 Å². The van der Waals surface area contributed by atoms with Gasteiger partial charge in [-0.1, -0.05) is 36.4 Å². The fourth-order valence-corrected chi connectivity index (χ4v) is 3.93. The molecule has 3 rings (SSSR count). The third-order valence-electron chi connectivity index (χ3n) is 5.81. The van der Waals surface area contributed by atoms with Crippen LogP contribution in [-0.2, 0) is 19.1 Å². The van der Waals surface area contributed by atoms with Gasteiger partial charge in [-0.15, -0.1) is 0 Å². The first kappa shape index (κ1) is 23.6. The van der Waals surface area contributed by atoms with Crippen molar-refractivity contribution in [1.29, 1.82) is 0 Å². The molecule has 7 nitrogen and oxygen atoms in total. The van der Waals surface area contributed by atoms with Gasteiger partial charge in [0.05, 0.1) is 25.7 Å². The Morgan fingerprint density at radius 2 is 1.78 bits per heavy atom. The number of fused-ring (bicyclic) bond motifs is 1. The van der Waals surface area contributed by atoms with E-state index in [4.69, 9.17) is 9.47 Å². The number of piperidine rings is 1. The fraction of sp³-hybridized carbons (Fsp3) is 0.480. The topological polar surface area (TPSA) is 76.2 Å². The maximum atomic E-state index is 12.5. The molecule has 0 radical (unpaired) electrons. The molecular weight excluding hydrogens is 408 g/mol. The number of benzene rings is 2. The Morgan fingerprint density at radius 1 is 1.06 bits per heavy atom. The quantitative estimate of drug-likeness (QED) is 0.442. The molecule has 0 unspecified atom stereocenters. The van der Waals surface area contributed by atoms with Gasteiger partial charge in [0, 0.05) is 31.9 Å². The maximum Gasteiger partial charge on any atom is 0.309 e. The van der Waals surface area contributed by atoms with E-state index in [9.17, 15) is 14.4 Å². The molecule has 1 aliphatic rings. The molecule has 2 amide bonds. The number of nitrogens with zero attached hydrogens (tertiary/aromatic N) is 2. The Balaban J connectivity index is 1.37. The van der Waals surface area contributed by atoms with Crippen LogP contribution >= 0.6 is 0 Å². The molecule has 32 heavy (non-hydrogen) atoms. The molecule has 1 aliphatic heterocycles. The Morgan fingerprint density at radius 3 is 2.53 bits per heavy atom. The monoisotopic (exact) mass is 440 g/mol. The zero-order chi connectivity index (χ0) is 22.9. The highest BCUT2D eigenvalue weighted by atomic mass is 16.5. The third-order valence-corrected chi connectivity index (χ3v) is 5.81. The highest BCUT2D eigenvalue weighted by molar-refractivity contribution is 5.88. The Hall–Kier alpha value is -3.09. The first-order valence-corrected chi connectivity index (χ1v) is 11.3. The minimum atomic E-state index is -0.183.